The molecular formula is C20H27IN6O. The van der Waals surface area contributed by atoms with Crippen molar-refractivity contribution in [2.45, 2.75) is 32.4 Å². The van der Waals surface area contributed by atoms with Crippen molar-refractivity contribution in [1.82, 2.24) is 25.6 Å². The SMILES string of the molecule is CC(NC(=NCCCn1ccnn1)NCCc1ccco1)c1ccccc1.I. The lowest BCUT2D eigenvalue weighted by Crippen LogP contribution is -2.40. The second-order valence-corrected chi connectivity index (χ2v) is 6.28. The molecule has 0 aliphatic carbocycles. The summed E-state index contributed by atoms with van der Waals surface area (Å²) in [6, 6.07) is 14.4. The lowest BCUT2D eigenvalue weighted by molar-refractivity contribution is 0.506. The van der Waals surface area contributed by atoms with Gasteiger partial charge in [-0.1, -0.05) is 35.5 Å². The van der Waals surface area contributed by atoms with Crippen molar-refractivity contribution >= 4 is 29.9 Å². The van der Waals surface area contributed by atoms with Crippen LogP contribution in [0.15, 0.2) is 70.5 Å². The number of aromatic nitrogens is 3. The Bertz CT molecular complexity index is 789. The number of guanidine groups is 1. The Morgan fingerprint density at radius 3 is 2.79 bits per heavy atom. The molecule has 0 aliphatic rings. The molecule has 0 amide bonds. The van der Waals surface area contributed by atoms with Gasteiger partial charge in [-0.15, -0.1) is 29.1 Å². The highest BCUT2D eigenvalue weighted by atomic mass is 127. The highest BCUT2D eigenvalue weighted by Crippen LogP contribution is 2.10. The van der Waals surface area contributed by atoms with Gasteiger partial charge in [0.2, 0.25) is 0 Å². The fourth-order valence-corrected chi connectivity index (χ4v) is 2.72. The van der Waals surface area contributed by atoms with Gasteiger partial charge in [0.05, 0.1) is 18.5 Å². The van der Waals surface area contributed by atoms with Gasteiger partial charge < -0.3 is 15.1 Å². The van der Waals surface area contributed by atoms with Crippen LogP contribution in [0.1, 0.15) is 30.7 Å². The number of halogens is 1. The van der Waals surface area contributed by atoms with Gasteiger partial charge in [-0.3, -0.25) is 9.67 Å². The van der Waals surface area contributed by atoms with E-state index in [2.05, 4.69) is 40.0 Å². The highest BCUT2D eigenvalue weighted by molar-refractivity contribution is 14.0. The summed E-state index contributed by atoms with van der Waals surface area (Å²) in [5, 5.41) is 14.7. The van der Waals surface area contributed by atoms with Crippen molar-refractivity contribution in [3.63, 3.8) is 0 Å². The molecule has 2 N–H and O–H groups in total. The fraction of sp³-hybridized carbons (Fsp3) is 0.350. The molecule has 2 aromatic heterocycles. The Balaban J connectivity index is 0.00000280. The van der Waals surface area contributed by atoms with Gasteiger partial charge >= 0.3 is 0 Å². The number of rotatable bonds is 9. The lowest BCUT2D eigenvalue weighted by Gasteiger charge is -2.18. The van der Waals surface area contributed by atoms with E-state index in [1.807, 2.05) is 41.2 Å². The zero-order valence-electron chi connectivity index (χ0n) is 16.0. The van der Waals surface area contributed by atoms with E-state index in [1.165, 1.54) is 5.56 Å². The predicted molar refractivity (Wildman–Crippen MR) is 121 cm³/mol. The molecule has 0 saturated heterocycles. The number of hydrogen-bond acceptors (Lipinski definition) is 4. The molecule has 0 bridgehead atoms. The Morgan fingerprint density at radius 1 is 1.21 bits per heavy atom. The summed E-state index contributed by atoms with van der Waals surface area (Å²) in [5.74, 6) is 1.76. The number of aryl methyl sites for hydroxylation is 1. The van der Waals surface area contributed by atoms with E-state index in [-0.39, 0.29) is 30.0 Å². The van der Waals surface area contributed by atoms with Crippen molar-refractivity contribution in [3.8, 4) is 0 Å². The number of benzene rings is 1. The fourth-order valence-electron chi connectivity index (χ4n) is 2.72. The number of furan rings is 1. The molecule has 1 atom stereocenters. The number of nitrogens with one attached hydrogen (secondary N) is 2. The summed E-state index contributed by atoms with van der Waals surface area (Å²) < 4.78 is 7.21. The summed E-state index contributed by atoms with van der Waals surface area (Å²) in [5.41, 5.74) is 1.22. The lowest BCUT2D eigenvalue weighted by atomic mass is 10.1. The largest absolute Gasteiger partial charge is 0.469 e. The molecule has 0 aliphatic heterocycles. The molecule has 0 radical (unpaired) electrons. The van der Waals surface area contributed by atoms with Crippen molar-refractivity contribution in [2.75, 3.05) is 13.1 Å². The van der Waals surface area contributed by atoms with Gasteiger partial charge in [-0.05, 0) is 31.0 Å². The first-order chi connectivity index (χ1) is 13.3. The molecule has 2 heterocycles. The zero-order chi connectivity index (χ0) is 18.7. The molecule has 0 saturated carbocycles. The Kier molecular flexibility index (Phi) is 9.53. The summed E-state index contributed by atoms with van der Waals surface area (Å²) in [6.45, 7) is 4.40. The first kappa shape index (κ1) is 21.9. The van der Waals surface area contributed by atoms with Crippen LogP contribution in [0.3, 0.4) is 0 Å². The Hall–Kier alpha value is -2.36. The normalized spacial score (nSPS) is 12.2. The van der Waals surface area contributed by atoms with Gasteiger partial charge in [0.1, 0.15) is 5.76 Å². The quantitative estimate of drug-likeness (QED) is 0.206. The van der Waals surface area contributed by atoms with Crippen LogP contribution < -0.4 is 10.6 Å². The standard InChI is InChI=1S/C20H26N6O.HI/c1-17(18-7-3-2-4-8-18)24-20(22-12-10-19-9-5-16-27-19)21-11-6-14-26-15-13-23-25-26;/h2-5,7-9,13,15-17H,6,10-12,14H2,1H3,(H2,21,22,24);1H. The first-order valence-corrected chi connectivity index (χ1v) is 9.27. The molecule has 1 aromatic carbocycles. The van der Waals surface area contributed by atoms with Gasteiger partial charge in [0, 0.05) is 32.3 Å². The minimum absolute atomic E-state index is 0. The van der Waals surface area contributed by atoms with Crippen LogP contribution in [0.2, 0.25) is 0 Å². The smallest absolute Gasteiger partial charge is 0.191 e. The molecule has 0 fully saturated rings. The second-order valence-electron chi connectivity index (χ2n) is 6.28. The minimum atomic E-state index is 0. The molecule has 7 nitrogen and oxygen atoms in total. The van der Waals surface area contributed by atoms with Crippen LogP contribution >= 0.6 is 24.0 Å². The van der Waals surface area contributed by atoms with Crippen LogP contribution in [-0.4, -0.2) is 34.0 Å². The summed E-state index contributed by atoms with van der Waals surface area (Å²) in [7, 11) is 0. The second kappa shape index (κ2) is 12.2. The van der Waals surface area contributed by atoms with E-state index < -0.39 is 0 Å². The van der Waals surface area contributed by atoms with E-state index >= 15 is 0 Å². The van der Waals surface area contributed by atoms with Gasteiger partial charge in [-0.25, -0.2) is 0 Å². The molecule has 8 heteroatoms. The van der Waals surface area contributed by atoms with E-state index in [0.29, 0.717) is 6.54 Å². The Labute approximate surface area is 182 Å². The van der Waals surface area contributed by atoms with E-state index in [1.54, 1.807) is 12.5 Å². The molecular weight excluding hydrogens is 467 g/mol. The third-order valence-corrected chi connectivity index (χ3v) is 4.18. The third kappa shape index (κ3) is 7.34. The maximum absolute atomic E-state index is 5.39. The van der Waals surface area contributed by atoms with Gasteiger partial charge in [-0.2, -0.15) is 0 Å². The van der Waals surface area contributed by atoms with Crippen molar-refractivity contribution in [1.29, 1.82) is 0 Å². The van der Waals surface area contributed by atoms with E-state index in [9.17, 15) is 0 Å². The van der Waals surface area contributed by atoms with Crippen molar-refractivity contribution in [3.05, 3.63) is 72.4 Å². The van der Waals surface area contributed by atoms with Crippen LogP contribution in [0.4, 0.5) is 0 Å². The van der Waals surface area contributed by atoms with Crippen LogP contribution in [0.5, 0.6) is 0 Å². The first-order valence-electron chi connectivity index (χ1n) is 9.27. The zero-order valence-corrected chi connectivity index (χ0v) is 18.3. The van der Waals surface area contributed by atoms with Crippen molar-refractivity contribution < 1.29 is 4.42 Å². The van der Waals surface area contributed by atoms with Gasteiger partial charge in [0.15, 0.2) is 5.96 Å². The maximum atomic E-state index is 5.39. The molecule has 0 spiro atoms. The molecule has 3 aromatic rings. The predicted octanol–water partition coefficient (Wildman–Crippen LogP) is 3.42. The molecule has 1 unspecified atom stereocenters. The summed E-state index contributed by atoms with van der Waals surface area (Å²) in [4.78, 5) is 4.71. The highest BCUT2D eigenvalue weighted by Gasteiger charge is 2.08. The van der Waals surface area contributed by atoms with Crippen LogP contribution in [0, 0.1) is 0 Å². The van der Waals surface area contributed by atoms with E-state index in [0.717, 1.165) is 37.7 Å². The van der Waals surface area contributed by atoms with Crippen LogP contribution in [0.25, 0.3) is 0 Å². The monoisotopic (exact) mass is 494 g/mol. The van der Waals surface area contributed by atoms with Crippen LogP contribution in [-0.2, 0) is 13.0 Å². The van der Waals surface area contributed by atoms with Gasteiger partial charge in [0.25, 0.3) is 0 Å². The third-order valence-electron chi connectivity index (χ3n) is 4.18. The summed E-state index contributed by atoms with van der Waals surface area (Å²) in [6.07, 6.45) is 6.96. The number of aliphatic imine (C=N–C) groups is 1. The van der Waals surface area contributed by atoms with Crippen molar-refractivity contribution in [2.24, 2.45) is 4.99 Å². The molecule has 150 valence electrons. The molecule has 28 heavy (non-hydrogen) atoms. The minimum Gasteiger partial charge on any atom is -0.469 e. The van der Waals surface area contributed by atoms with E-state index in [4.69, 9.17) is 9.41 Å². The molecule has 3 rings (SSSR count). The Morgan fingerprint density at radius 2 is 2.07 bits per heavy atom. The number of hydrogen-bond donors (Lipinski definition) is 2. The number of nitrogens with zero attached hydrogens (tertiary/aromatic N) is 4. The maximum Gasteiger partial charge on any atom is 0.191 e. The average molecular weight is 494 g/mol. The topological polar surface area (TPSA) is 80.3 Å². The summed E-state index contributed by atoms with van der Waals surface area (Å²) >= 11 is 0. The average Bonchev–Trinajstić information content (AvgIpc) is 3.40.